The molecular weight excluding hydrogens is 331 g/mol. The zero-order chi connectivity index (χ0) is 18.2. The van der Waals surface area contributed by atoms with E-state index in [4.69, 9.17) is 0 Å². The lowest BCUT2D eigenvalue weighted by atomic mass is 10.4. The van der Waals surface area contributed by atoms with Gasteiger partial charge in [-0.15, -0.1) is 0 Å². The maximum atomic E-state index is 9.22. The minimum absolute atomic E-state index is 0.562. The first kappa shape index (κ1) is 25.5. The number of hydrogen-bond acceptors (Lipinski definition) is 4. The molecule has 0 aromatic heterocycles. The summed E-state index contributed by atoms with van der Waals surface area (Å²) in [4.78, 5) is 0. The summed E-state index contributed by atoms with van der Waals surface area (Å²) in [5.74, 6) is 0. The van der Waals surface area contributed by atoms with Crippen molar-refractivity contribution in [3.8, 4) is 0 Å². The van der Waals surface area contributed by atoms with Crippen LogP contribution in [0, 0.1) is 0 Å². The van der Waals surface area contributed by atoms with E-state index >= 15 is 0 Å². The molecule has 0 amide bonds. The van der Waals surface area contributed by atoms with Crippen LogP contribution in [0.1, 0.15) is 79.1 Å². The van der Waals surface area contributed by atoms with E-state index in [0.29, 0.717) is 0 Å². The molecule has 0 aliphatic heterocycles. The highest BCUT2D eigenvalue weighted by Gasteiger charge is 2.34. The Morgan fingerprint density at radius 2 is 0.957 bits per heavy atom. The van der Waals surface area contributed by atoms with Gasteiger partial charge in [-0.05, 0) is 25.7 Å². The van der Waals surface area contributed by atoms with Crippen molar-refractivity contribution in [2.45, 2.75) is 79.1 Å². The average Bonchev–Trinajstić information content (AvgIpc) is 2.53. The van der Waals surface area contributed by atoms with Crippen molar-refractivity contribution in [3.05, 3.63) is 0 Å². The molecule has 4 nitrogen and oxygen atoms in total. The fraction of sp³-hybridized carbons (Fsp3) is 1.00. The predicted octanol–water partition coefficient (Wildman–Crippen LogP) is 5.30. The molecule has 0 aromatic rings. The van der Waals surface area contributed by atoms with E-state index in [0.717, 1.165) is 7.11 Å². The van der Waals surface area contributed by atoms with Crippen LogP contribution in [-0.2, 0) is 14.6 Å². The molecule has 0 radical (unpaired) electrons. The first-order chi connectivity index (χ1) is 10.8. The molecule has 0 spiro atoms. The first-order valence-corrected chi connectivity index (χ1v) is 13.0. The van der Waals surface area contributed by atoms with Gasteiger partial charge < -0.3 is 4.55 Å². The van der Waals surface area contributed by atoms with Crippen LogP contribution in [0.15, 0.2) is 0 Å². The van der Waals surface area contributed by atoms with Crippen LogP contribution in [0.4, 0.5) is 0 Å². The van der Waals surface area contributed by atoms with Crippen molar-refractivity contribution in [3.63, 3.8) is 0 Å². The van der Waals surface area contributed by atoms with Crippen molar-refractivity contribution < 1.29 is 17.2 Å². The molecule has 0 saturated heterocycles. The molecule has 0 fully saturated rings. The zero-order valence-electron chi connectivity index (χ0n) is 16.0. The van der Waals surface area contributed by atoms with Gasteiger partial charge in [0.15, 0.2) is 0 Å². The molecule has 0 rings (SSSR count). The quantitative estimate of drug-likeness (QED) is 0.251. The summed E-state index contributed by atoms with van der Waals surface area (Å²) < 4.78 is 31.0. The molecule has 0 aromatic carbocycles. The SMILES string of the molecule is CCCC[P+](CCCC)(CCCC)CCCC.COS(=O)(=O)[O-]. The van der Waals surface area contributed by atoms with Gasteiger partial charge in [0.05, 0.1) is 31.8 Å². The molecule has 0 N–H and O–H groups in total. The van der Waals surface area contributed by atoms with Gasteiger partial charge in [0.2, 0.25) is 10.4 Å². The molecule has 142 valence electrons. The minimum Gasteiger partial charge on any atom is -0.726 e. The Hall–Kier alpha value is 0.300. The van der Waals surface area contributed by atoms with E-state index in [1.54, 1.807) is 24.6 Å². The molecule has 0 bridgehead atoms. The lowest BCUT2D eigenvalue weighted by molar-refractivity contribution is 0.314. The Morgan fingerprint density at radius 1 is 0.739 bits per heavy atom. The molecule has 0 saturated carbocycles. The number of unbranched alkanes of at least 4 members (excludes halogenated alkanes) is 4. The monoisotopic (exact) mass is 370 g/mol. The van der Waals surface area contributed by atoms with Gasteiger partial charge in [-0.1, -0.05) is 53.4 Å². The summed E-state index contributed by atoms with van der Waals surface area (Å²) in [7, 11) is -4.17. The molecular formula is C17H39O4PS. The van der Waals surface area contributed by atoms with E-state index in [-0.39, 0.29) is 0 Å². The molecule has 0 aliphatic rings. The number of hydrogen-bond donors (Lipinski definition) is 0. The van der Waals surface area contributed by atoms with Gasteiger partial charge in [-0.25, -0.2) is 8.42 Å². The lowest BCUT2D eigenvalue weighted by Crippen LogP contribution is -2.12. The van der Waals surface area contributed by atoms with Gasteiger partial charge in [0, 0.05) is 7.26 Å². The van der Waals surface area contributed by atoms with Gasteiger partial charge in [-0.2, -0.15) is 0 Å². The molecule has 6 heteroatoms. The van der Waals surface area contributed by atoms with Crippen molar-refractivity contribution in [1.29, 1.82) is 0 Å². The second-order valence-electron chi connectivity index (χ2n) is 6.23. The molecule has 23 heavy (non-hydrogen) atoms. The van der Waals surface area contributed by atoms with Crippen LogP contribution in [0.2, 0.25) is 0 Å². The summed E-state index contributed by atoms with van der Waals surface area (Å²) >= 11 is 0. The van der Waals surface area contributed by atoms with Crippen LogP contribution < -0.4 is 0 Å². The van der Waals surface area contributed by atoms with Crippen molar-refractivity contribution in [2.75, 3.05) is 31.8 Å². The standard InChI is InChI=1S/C16H36P.CH4O4S/c1-5-9-13-17(14-10-6-2,15-11-7-3)16-12-8-4;1-5-6(2,3)4/h5-16H2,1-4H3;1H3,(H,2,3,4)/q+1;/p-1. The highest BCUT2D eigenvalue weighted by molar-refractivity contribution is 7.80. The number of rotatable bonds is 13. The fourth-order valence-electron chi connectivity index (χ4n) is 2.64. The highest BCUT2D eigenvalue weighted by Crippen LogP contribution is 2.61. The Labute approximate surface area is 146 Å². The molecule has 0 unspecified atom stereocenters. The summed E-state index contributed by atoms with van der Waals surface area (Å²) in [6, 6.07) is 0. The minimum atomic E-state index is -4.41. The normalized spacial score (nSPS) is 11.9. The lowest BCUT2D eigenvalue weighted by Gasteiger charge is -2.28. The Bertz CT molecular complexity index is 307. The molecule has 0 heterocycles. The van der Waals surface area contributed by atoms with Gasteiger partial charge in [0.1, 0.15) is 0 Å². The molecule has 0 aliphatic carbocycles. The fourth-order valence-corrected chi connectivity index (χ4v) is 7.93. The van der Waals surface area contributed by atoms with Crippen molar-refractivity contribution in [1.82, 2.24) is 0 Å². The second-order valence-corrected chi connectivity index (χ2v) is 11.8. The predicted molar refractivity (Wildman–Crippen MR) is 103 cm³/mol. The van der Waals surface area contributed by atoms with Gasteiger partial charge in [0.25, 0.3) is 0 Å². The smallest absolute Gasteiger partial charge is 0.217 e. The third-order valence-corrected chi connectivity index (χ3v) is 9.62. The summed E-state index contributed by atoms with van der Waals surface area (Å²) in [5, 5.41) is 0. The van der Waals surface area contributed by atoms with Crippen molar-refractivity contribution >= 4 is 17.7 Å². The maximum absolute atomic E-state index is 9.22. The first-order valence-electron chi connectivity index (χ1n) is 9.17. The van der Waals surface area contributed by atoms with Crippen molar-refractivity contribution in [2.24, 2.45) is 0 Å². The largest absolute Gasteiger partial charge is 0.726 e. The summed E-state index contributed by atoms with van der Waals surface area (Å²) in [6.45, 7) is 9.42. The third kappa shape index (κ3) is 16.9. The van der Waals surface area contributed by atoms with E-state index in [2.05, 4.69) is 31.9 Å². The van der Waals surface area contributed by atoms with Gasteiger partial charge >= 0.3 is 0 Å². The third-order valence-electron chi connectivity index (χ3n) is 4.15. The van der Waals surface area contributed by atoms with Gasteiger partial charge in [-0.3, -0.25) is 4.18 Å². The van der Waals surface area contributed by atoms with Crippen LogP contribution >= 0.6 is 7.26 Å². The van der Waals surface area contributed by atoms with E-state index in [1.165, 1.54) is 51.4 Å². The average molecular weight is 371 g/mol. The Balaban J connectivity index is 0. The van der Waals surface area contributed by atoms with Crippen LogP contribution in [0.3, 0.4) is 0 Å². The maximum Gasteiger partial charge on any atom is 0.217 e. The Morgan fingerprint density at radius 3 is 1.09 bits per heavy atom. The van der Waals surface area contributed by atoms with E-state index < -0.39 is 17.7 Å². The topological polar surface area (TPSA) is 66.4 Å². The van der Waals surface area contributed by atoms with E-state index in [9.17, 15) is 13.0 Å². The zero-order valence-corrected chi connectivity index (χ0v) is 17.7. The van der Waals surface area contributed by atoms with E-state index in [1.807, 2.05) is 0 Å². The molecule has 0 atom stereocenters. The summed E-state index contributed by atoms with van der Waals surface area (Å²) in [6.07, 6.45) is 17.9. The highest BCUT2D eigenvalue weighted by atomic mass is 32.3. The van der Waals surface area contributed by atoms with Crippen LogP contribution in [0.25, 0.3) is 0 Å². The van der Waals surface area contributed by atoms with Crippen LogP contribution in [-0.4, -0.2) is 44.7 Å². The Kier molecular flexibility index (Phi) is 17.6. The van der Waals surface area contributed by atoms with Crippen LogP contribution in [0.5, 0.6) is 0 Å². The second kappa shape index (κ2) is 15.8. The summed E-state index contributed by atoms with van der Waals surface area (Å²) in [5.41, 5.74) is 0.